The van der Waals surface area contributed by atoms with E-state index in [1.165, 1.54) is 11.8 Å². The number of nitrogens with one attached hydrogen (secondary N) is 2. The van der Waals surface area contributed by atoms with Gasteiger partial charge in [-0.3, -0.25) is 19.7 Å². The highest BCUT2D eigenvalue weighted by molar-refractivity contribution is 7.99. The normalized spacial score (nSPS) is 10.7. The maximum atomic E-state index is 12.1. The topological polar surface area (TPSA) is 102 Å². The molecule has 0 saturated carbocycles. The molecule has 9 heteroatoms. The molecule has 2 aromatic heterocycles. The molecule has 2 N–H and O–H groups in total. The number of imide groups is 1. The molecule has 0 aliphatic rings. The largest absolute Gasteiger partial charge is 0.336 e. The zero-order valence-corrected chi connectivity index (χ0v) is 16.3. The molecule has 144 valence electrons. The predicted octanol–water partition coefficient (Wildman–Crippen LogP) is 2.66. The standard InChI is InChI=1S/C19H20N6O2S/c1-13(2)21-18(27)22-16(26)12-28-19-24-23-17(14-8-10-20-11-9-14)25(19)15-6-4-3-5-7-15/h3-11,13H,12H2,1-2H3,(H2,21,22,26,27). The number of urea groups is 1. The Bertz CT molecular complexity index is 944. The number of pyridine rings is 1. The van der Waals surface area contributed by atoms with Gasteiger partial charge in [-0.05, 0) is 38.1 Å². The second-order valence-corrected chi connectivity index (χ2v) is 7.12. The van der Waals surface area contributed by atoms with Crippen molar-refractivity contribution in [1.82, 2.24) is 30.4 Å². The van der Waals surface area contributed by atoms with Crippen molar-refractivity contribution in [2.75, 3.05) is 5.75 Å². The number of hydrogen-bond acceptors (Lipinski definition) is 6. The number of amides is 3. The van der Waals surface area contributed by atoms with E-state index >= 15 is 0 Å². The predicted molar refractivity (Wildman–Crippen MR) is 107 cm³/mol. The molecule has 2 heterocycles. The van der Waals surface area contributed by atoms with Crippen molar-refractivity contribution >= 4 is 23.7 Å². The summed E-state index contributed by atoms with van der Waals surface area (Å²) >= 11 is 1.21. The first-order chi connectivity index (χ1) is 13.5. The highest BCUT2D eigenvalue weighted by Crippen LogP contribution is 2.27. The van der Waals surface area contributed by atoms with Crippen molar-refractivity contribution < 1.29 is 9.59 Å². The van der Waals surface area contributed by atoms with Gasteiger partial charge in [0.05, 0.1) is 5.75 Å². The third kappa shape index (κ3) is 4.95. The van der Waals surface area contributed by atoms with Crippen molar-refractivity contribution in [3.8, 4) is 17.1 Å². The van der Waals surface area contributed by atoms with E-state index in [0.29, 0.717) is 11.0 Å². The summed E-state index contributed by atoms with van der Waals surface area (Å²) in [5, 5.41) is 14.0. The van der Waals surface area contributed by atoms with E-state index in [9.17, 15) is 9.59 Å². The van der Waals surface area contributed by atoms with E-state index in [0.717, 1.165) is 11.3 Å². The van der Waals surface area contributed by atoms with Crippen LogP contribution in [0.2, 0.25) is 0 Å². The number of hydrogen-bond donors (Lipinski definition) is 2. The van der Waals surface area contributed by atoms with Gasteiger partial charge < -0.3 is 5.32 Å². The van der Waals surface area contributed by atoms with Gasteiger partial charge in [-0.2, -0.15) is 0 Å². The molecule has 8 nitrogen and oxygen atoms in total. The monoisotopic (exact) mass is 396 g/mol. The Morgan fingerprint density at radius 3 is 2.46 bits per heavy atom. The Hall–Kier alpha value is -3.20. The highest BCUT2D eigenvalue weighted by atomic mass is 32.2. The van der Waals surface area contributed by atoms with Crippen LogP contribution in [0.3, 0.4) is 0 Å². The molecule has 0 radical (unpaired) electrons. The Morgan fingerprint density at radius 2 is 1.79 bits per heavy atom. The number of thioether (sulfide) groups is 1. The average molecular weight is 396 g/mol. The SMILES string of the molecule is CC(C)NC(=O)NC(=O)CSc1nnc(-c2ccncc2)n1-c1ccccc1. The summed E-state index contributed by atoms with van der Waals surface area (Å²) < 4.78 is 1.88. The quantitative estimate of drug-likeness (QED) is 0.621. The molecule has 0 aliphatic heterocycles. The smallest absolute Gasteiger partial charge is 0.321 e. The van der Waals surface area contributed by atoms with Gasteiger partial charge in [0.2, 0.25) is 5.91 Å². The summed E-state index contributed by atoms with van der Waals surface area (Å²) in [6.07, 6.45) is 3.37. The molecule has 3 aromatic rings. The van der Waals surface area contributed by atoms with Crippen LogP contribution in [0.15, 0.2) is 60.0 Å². The number of benzene rings is 1. The van der Waals surface area contributed by atoms with E-state index in [1.54, 1.807) is 12.4 Å². The molecule has 0 aliphatic carbocycles. The first-order valence-electron chi connectivity index (χ1n) is 8.69. The summed E-state index contributed by atoms with van der Waals surface area (Å²) in [4.78, 5) is 27.8. The van der Waals surface area contributed by atoms with E-state index in [4.69, 9.17) is 0 Å². The first-order valence-corrected chi connectivity index (χ1v) is 9.67. The molecule has 28 heavy (non-hydrogen) atoms. The number of aromatic nitrogens is 4. The van der Waals surface area contributed by atoms with Crippen molar-refractivity contribution in [3.05, 3.63) is 54.9 Å². The maximum Gasteiger partial charge on any atom is 0.321 e. The van der Waals surface area contributed by atoms with Crippen LogP contribution >= 0.6 is 11.8 Å². The average Bonchev–Trinajstić information content (AvgIpc) is 3.11. The van der Waals surface area contributed by atoms with E-state index in [2.05, 4.69) is 25.8 Å². The van der Waals surface area contributed by atoms with Crippen molar-refractivity contribution in [2.45, 2.75) is 25.0 Å². The summed E-state index contributed by atoms with van der Waals surface area (Å²) in [6, 6.07) is 12.8. The van der Waals surface area contributed by atoms with Gasteiger partial charge in [-0.15, -0.1) is 10.2 Å². The fourth-order valence-corrected chi connectivity index (χ4v) is 3.20. The minimum atomic E-state index is -0.511. The van der Waals surface area contributed by atoms with Gasteiger partial charge >= 0.3 is 6.03 Å². The molecule has 0 spiro atoms. The van der Waals surface area contributed by atoms with Gasteiger partial charge in [0, 0.05) is 29.7 Å². The van der Waals surface area contributed by atoms with Crippen molar-refractivity contribution in [2.24, 2.45) is 0 Å². The summed E-state index contributed by atoms with van der Waals surface area (Å²) in [7, 11) is 0. The number of para-hydroxylation sites is 1. The zero-order chi connectivity index (χ0) is 19.9. The van der Waals surface area contributed by atoms with E-state index in [-0.39, 0.29) is 11.8 Å². The van der Waals surface area contributed by atoms with Crippen LogP contribution in [0.4, 0.5) is 4.79 Å². The van der Waals surface area contributed by atoms with Crippen molar-refractivity contribution in [1.29, 1.82) is 0 Å². The zero-order valence-electron chi connectivity index (χ0n) is 15.5. The van der Waals surface area contributed by atoms with Crippen LogP contribution in [-0.2, 0) is 4.79 Å². The van der Waals surface area contributed by atoms with E-state index < -0.39 is 11.9 Å². The number of carbonyl (C=O) groups excluding carboxylic acids is 2. The number of carbonyl (C=O) groups is 2. The lowest BCUT2D eigenvalue weighted by Gasteiger charge is -2.11. The van der Waals surface area contributed by atoms with Gasteiger partial charge in [-0.25, -0.2) is 4.79 Å². The minimum Gasteiger partial charge on any atom is -0.336 e. The number of rotatable bonds is 6. The summed E-state index contributed by atoms with van der Waals surface area (Å²) in [6.45, 7) is 3.64. The molecular formula is C19H20N6O2S. The van der Waals surface area contributed by atoms with E-state index in [1.807, 2.05) is 60.9 Å². The van der Waals surface area contributed by atoms with Gasteiger partial charge in [0.15, 0.2) is 11.0 Å². The molecule has 3 amide bonds. The maximum absolute atomic E-state index is 12.1. The van der Waals surface area contributed by atoms with Crippen LogP contribution in [0.1, 0.15) is 13.8 Å². The third-order valence-electron chi connectivity index (χ3n) is 3.59. The Balaban J connectivity index is 1.81. The lowest BCUT2D eigenvalue weighted by Crippen LogP contribution is -2.43. The molecule has 3 rings (SSSR count). The van der Waals surface area contributed by atoms with Gasteiger partial charge in [-0.1, -0.05) is 30.0 Å². The number of nitrogens with zero attached hydrogens (tertiary/aromatic N) is 4. The Morgan fingerprint density at radius 1 is 1.07 bits per heavy atom. The Kier molecular flexibility index (Phi) is 6.38. The fraction of sp³-hybridized carbons (Fsp3) is 0.211. The molecule has 0 saturated heterocycles. The molecule has 0 unspecified atom stereocenters. The lowest BCUT2D eigenvalue weighted by atomic mass is 10.2. The summed E-state index contributed by atoms with van der Waals surface area (Å²) in [5.41, 5.74) is 1.73. The second kappa shape index (κ2) is 9.14. The molecule has 0 bridgehead atoms. The Labute approximate surface area is 166 Å². The van der Waals surface area contributed by atoms with Crippen LogP contribution in [-0.4, -0.2) is 43.5 Å². The van der Waals surface area contributed by atoms with Crippen LogP contribution in [0, 0.1) is 0 Å². The molecule has 1 aromatic carbocycles. The summed E-state index contributed by atoms with van der Waals surface area (Å²) in [5.74, 6) is 0.276. The van der Waals surface area contributed by atoms with Crippen LogP contribution in [0.25, 0.3) is 17.1 Å². The molecular weight excluding hydrogens is 376 g/mol. The molecule has 0 atom stereocenters. The third-order valence-corrected chi connectivity index (χ3v) is 4.52. The van der Waals surface area contributed by atoms with Crippen LogP contribution < -0.4 is 10.6 Å². The second-order valence-electron chi connectivity index (χ2n) is 6.18. The molecule has 0 fully saturated rings. The first kappa shape index (κ1) is 19.6. The minimum absolute atomic E-state index is 0.0346. The van der Waals surface area contributed by atoms with Gasteiger partial charge in [0.25, 0.3) is 0 Å². The van der Waals surface area contributed by atoms with Crippen molar-refractivity contribution in [3.63, 3.8) is 0 Å². The van der Waals surface area contributed by atoms with Crippen LogP contribution in [0.5, 0.6) is 0 Å². The fourth-order valence-electron chi connectivity index (χ4n) is 2.45. The van der Waals surface area contributed by atoms with Gasteiger partial charge in [0.1, 0.15) is 0 Å². The highest BCUT2D eigenvalue weighted by Gasteiger charge is 2.18. The lowest BCUT2D eigenvalue weighted by molar-refractivity contribution is -0.117.